The number of hydrogen-bond donors (Lipinski definition) is 0. The number of aryl methyl sites for hydroxylation is 1. The Kier molecular flexibility index (Phi) is 6.13. The Labute approximate surface area is 123 Å². The van der Waals surface area contributed by atoms with E-state index < -0.39 is 5.60 Å². The summed E-state index contributed by atoms with van der Waals surface area (Å²) in [5.41, 5.74) is 0.651. The van der Waals surface area contributed by atoms with Crippen LogP contribution in [0, 0.1) is 6.92 Å². The van der Waals surface area contributed by atoms with Crippen LogP contribution in [-0.4, -0.2) is 33.5 Å². The predicted molar refractivity (Wildman–Crippen MR) is 79.7 cm³/mol. The molecule has 0 saturated carbocycles. The van der Waals surface area contributed by atoms with Gasteiger partial charge in [-0.25, -0.2) is 9.97 Å². The van der Waals surface area contributed by atoms with Crippen molar-refractivity contribution in [2.75, 3.05) is 12.0 Å². The summed E-state index contributed by atoms with van der Waals surface area (Å²) in [5, 5.41) is 1.69. The third kappa shape index (κ3) is 6.29. The topological polar surface area (TPSA) is 52.1 Å². The number of rotatable bonds is 5. The van der Waals surface area contributed by atoms with Gasteiger partial charge in [0.05, 0.1) is 6.42 Å². The van der Waals surface area contributed by atoms with Crippen molar-refractivity contribution in [1.29, 1.82) is 0 Å². The highest BCUT2D eigenvalue weighted by molar-refractivity contribution is 7.99. The molecule has 106 valence electrons. The van der Waals surface area contributed by atoms with Gasteiger partial charge in [0.15, 0.2) is 5.16 Å². The van der Waals surface area contributed by atoms with Gasteiger partial charge in [0.2, 0.25) is 0 Å². The number of thioether (sulfide) groups is 2. The molecular weight excluding hydrogens is 280 g/mol. The molecule has 0 aromatic carbocycles. The summed E-state index contributed by atoms with van der Waals surface area (Å²) < 4.78 is 5.24. The zero-order chi connectivity index (χ0) is 14.5. The maximum atomic E-state index is 11.5. The number of carbonyl (C=O) groups excluding carboxylic acids is 1. The monoisotopic (exact) mass is 300 g/mol. The summed E-state index contributed by atoms with van der Waals surface area (Å²) >= 11 is 3.08. The van der Waals surface area contributed by atoms with Crippen LogP contribution in [-0.2, 0) is 9.53 Å². The first kappa shape index (κ1) is 16.3. The first-order valence-corrected chi connectivity index (χ1v) is 8.25. The first-order chi connectivity index (χ1) is 8.81. The summed E-state index contributed by atoms with van der Waals surface area (Å²) in [6.45, 7) is 7.59. The molecule has 0 amide bonds. The predicted octanol–water partition coefficient (Wildman–Crippen LogP) is 3.33. The first-order valence-electron chi connectivity index (χ1n) is 6.04. The number of ether oxygens (including phenoxy) is 1. The fourth-order valence-electron chi connectivity index (χ4n) is 1.31. The van der Waals surface area contributed by atoms with E-state index in [0.29, 0.717) is 17.3 Å². The van der Waals surface area contributed by atoms with Crippen molar-refractivity contribution >= 4 is 29.5 Å². The lowest BCUT2D eigenvalue weighted by Gasteiger charge is -2.19. The van der Waals surface area contributed by atoms with Crippen LogP contribution >= 0.6 is 23.5 Å². The fraction of sp³-hybridized carbons (Fsp3) is 0.615. The quantitative estimate of drug-likeness (QED) is 0.360. The van der Waals surface area contributed by atoms with Gasteiger partial charge in [0, 0.05) is 11.9 Å². The molecular formula is C13H20N2O2S2. The van der Waals surface area contributed by atoms with Crippen molar-refractivity contribution in [2.45, 2.75) is 49.9 Å². The zero-order valence-electron chi connectivity index (χ0n) is 12.0. The molecule has 1 heterocycles. The van der Waals surface area contributed by atoms with E-state index in [-0.39, 0.29) is 5.97 Å². The molecule has 1 rings (SSSR count). The van der Waals surface area contributed by atoms with Gasteiger partial charge in [-0.05, 0) is 39.5 Å². The maximum Gasteiger partial charge on any atom is 0.307 e. The van der Waals surface area contributed by atoms with Gasteiger partial charge in [-0.15, -0.1) is 11.8 Å². The van der Waals surface area contributed by atoms with E-state index in [0.717, 1.165) is 10.6 Å². The van der Waals surface area contributed by atoms with Crippen LogP contribution in [0.4, 0.5) is 0 Å². The average molecular weight is 300 g/mol. The summed E-state index contributed by atoms with van der Waals surface area (Å²) in [6.07, 6.45) is 4.17. The van der Waals surface area contributed by atoms with Gasteiger partial charge in [-0.2, -0.15) is 0 Å². The molecule has 0 aliphatic carbocycles. The van der Waals surface area contributed by atoms with Crippen LogP contribution in [0.3, 0.4) is 0 Å². The van der Waals surface area contributed by atoms with Crippen LogP contribution < -0.4 is 0 Å². The third-order valence-corrected chi connectivity index (χ3v) is 3.72. The van der Waals surface area contributed by atoms with Crippen molar-refractivity contribution in [1.82, 2.24) is 9.97 Å². The molecule has 0 bridgehead atoms. The summed E-state index contributed by atoms with van der Waals surface area (Å²) in [5.74, 6) is 0.448. The minimum Gasteiger partial charge on any atom is -0.460 e. The third-order valence-electron chi connectivity index (χ3n) is 2.05. The normalized spacial score (nSPS) is 11.4. The molecule has 0 N–H and O–H groups in total. The van der Waals surface area contributed by atoms with Crippen LogP contribution in [0.1, 0.15) is 32.8 Å². The molecule has 0 aliphatic heterocycles. The molecule has 1 aromatic rings. The lowest BCUT2D eigenvalue weighted by molar-refractivity contribution is -0.154. The zero-order valence-corrected chi connectivity index (χ0v) is 13.7. The maximum absolute atomic E-state index is 11.5. The van der Waals surface area contributed by atoms with Gasteiger partial charge in [0.25, 0.3) is 0 Å². The molecule has 4 nitrogen and oxygen atoms in total. The van der Waals surface area contributed by atoms with Crippen molar-refractivity contribution in [3.8, 4) is 0 Å². The highest BCUT2D eigenvalue weighted by Gasteiger charge is 2.16. The molecule has 0 aliphatic rings. The van der Waals surface area contributed by atoms with Crippen LogP contribution in [0.25, 0.3) is 0 Å². The van der Waals surface area contributed by atoms with Crippen molar-refractivity contribution in [3.63, 3.8) is 0 Å². The lowest BCUT2D eigenvalue weighted by Crippen LogP contribution is -2.24. The number of hydrogen-bond acceptors (Lipinski definition) is 6. The second-order valence-corrected chi connectivity index (χ2v) is 6.89. The highest BCUT2D eigenvalue weighted by atomic mass is 32.2. The molecule has 0 saturated heterocycles. The Bertz CT molecular complexity index is 445. The summed E-state index contributed by atoms with van der Waals surface area (Å²) in [6, 6.07) is 0. The number of esters is 1. The van der Waals surface area contributed by atoms with E-state index >= 15 is 0 Å². The Balaban J connectivity index is 2.43. The summed E-state index contributed by atoms with van der Waals surface area (Å²) in [4.78, 5) is 20.2. The Morgan fingerprint density at radius 1 is 1.42 bits per heavy atom. The van der Waals surface area contributed by atoms with Crippen LogP contribution in [0.15, 0.2) is 16.4 Å². The minimum absolute atomic E-state index is 0.183. The number of aromatic nitrogens is 2. The van der Waals surface area contributed by atoms with E-state index in [1.54, 1.807) is 11.8 Å². The van der Waals surface area contributed by atoms with E-state index in [4.69, 9.17) is 4.74 Å². The average Bonchev–Trinajstić information content (AvgIpc) is 2.29. The second-order valence-electron chi connectivity index (χ2n) is 5.03. The number of carbonyl (C=O) groups is 1. The van der Waals surface area contributed by atoms with Crippen LogP contribution in [0.5, 0.6) is 0 Å². The Hall–Kier alpha value is -0.750. The van der Waals surface area contributed by atoms with E-state index in [1.807, 2.05) is 40.1 Å². The molecule has 19 heavy (non-hydrogen) atoms. The van der Waals surface area contributed by atoms with Gasteiger partial charge in [0.1, 0.15) is 10.6 Å². The van der Waals surface area contributed by atoms with Crippen molar-refractivity contribution < 1.29 is 9.53 Å². The molecule has 1 aromatic heterocycles. The fourth-order valence-corrected chi connectivity index (χ4v) is 2.65. The molecule has 6 heteroatoms. The van der Waals surface area contributed by atoms with E-state index in [9.17, 15) is 4.79 Å². The minimum atomic E-state index is -0.422. The Morgan fingerprint density at radius 3 is 2.68 bits per heavy atom. The molecule has 0 spiro atoms. The van der Waals surface area contributed by atoms with Gasteiger partial charge < -0.3 is 4.74 Å². The smallest absolute Gasteiger partial charge is 0.307 e. The van der Waals surface area contributed by atoms with Gasteiger partial charge >= 0.3 is 5.97 Å². The van der Waals surface area contributed by atoms with Crippen LogP contribution in [0.2, 0.25) is 0 Å². The van der Waals surface area contributed by atoms with E-state index in [2.05, 4.69) is 9.97 Å². The van der Waals surface area contributed by atoms with E-state index in [1.165, 1.54) is 11.8 Å². The molecule has 0 fully saturated rings. The molecule has 0 radical (unpaired) electrons. The lowest BCUT2D eigenvalue weighted by atomic mass is 10.2. The Morgan fingerprint density at radius 2 is 2.11 bits per heavy atom. The van der Waals surface area contributed by atoms with Gasteiger partial charge in [-0.3, -0.25) is 4.79 Å². The molecule has 0 unspecified atom stereocenters. The highest BCUT2D eigenvalue weighted by Crippen LogP contribution is 2.21. The van der Waals surface area contributed by atoms with Crippen molar-refractivity contribution in [2.24, 2.45) is 0 Å². The second kappa shape index (κ2) is 7.14. The standard InChI is InChI=1S/C13H20N2O2S2/c1-9-8-14-12(15-11(9)18-5)19-7-6-10(16)17-13(2,3)4/h8H,6-7H2,1-5H3. The summed E-state index contributed by atoms with van der Waals surface area (Å²) in [7, 11) is 0. The van der Waals surface area contributed by atoms with Crippen molar-refractivity contribution in [3.05, 3.63) is 11.8 Å². The number of nitrogens with zero attached hydrogens (tertiary/aromatic N) is 2. The molecule has 0 atom stereocenters. The van der Waals surface area contributed by atoms with Gasteiger partial charge in [-0.1, -0.05) is 11.8 Å². The largest absolute Gasteiger partial charge is 0.460 e. The SMILES string of the molecule is CSc1nc(SCCC(=O)OC(C)(C)C)ncc1C.